The molecule has 8 nitrogen and oxygen atoms in total. The molecule has 0 spiro atoms. The molecular formula is C14H17ClN6O2. The molecule has 0 unspecified atom stereocenters. The molecule has 0 saturated heterocycles. The third-order valence-corrected chi connectivity index (χ3v) is 3.08. The van der Waals surface area contributed by atoms with Crippen LogP contribution >= 0.6 is 11.6 Å². The van der Waals surface area contributed by atoms with E-state index in [9.17, 15) is 9.59 Å². The van der Waals surface area contributed by atoms with E-state index < -0.39 is 0 Å². The number of carbonyl (C=O) groups is 2. The second kappa shape index (κ2) is 7.59. The van der Waals surface area contributed by atoms with Crippen molar-refractivity contribution in [2.45, 2.75) is 13.1 Å². The Bertz CT molecular complexity index is 700. The summed E-state index contributed by atoms with van der Waals surface area (Å²) in [6.07, 6.45) is 1.38. The van der Waals surface area contributed by atoms with Crippen molar-refractivity contribution >= 4 is 29.4 Å². The van der Waals surface area contributed by atoms with Gasteiger partial charge in [-0.1, -0.05) is 23.7 Å². The van der Waals surface area contributed by atoms with E-state index in [0.29, 0.717) is 11.6 Å². The van der Waals surface area contributed by atoms with Crippen molar-refractivity contribution < 1.29 is 9.59 Å². The topological polar surface area (TPSA) is 92.2 Å². The molecule has 2 N–H and O–H groups in total. The highest BCUT2D eigenvalue weighted by Gasteiger charge is 2.09. The number of urea groups is 1. The van der Waals surface area contributed by atoms with Gasteiger partial charge in [0.15, 0.2) is 5.82 Å². The van der Waals surface area contributed by atoms with Gasteiger partial charge in [-0.05, 0) is 17.7 Å². The van der Waals surface area contributed by atoms with Crippen LogP contribution in [0.15, 0.2) is 30.5 Å². The number of nitrogens with zero attached hydrogens (tertiary/aromatic N) is 4. The van der Waals surface area contributed by atoms with Crippen LogP contribution in [0, 0.1) is 0 Å². The van der Waals surface area contributed by atoms with Crippen molar-refractivity contribution in [3.63, 3.8) is 0 Å². The summed E-state index contributed by atoms with van der Waals surface area (Å²) >= 11 is 5.88. The van der Waals surface area contributed by atoms with Crippen molar-refractivity contribution in [1.82, 2.24) is 25.2 Å². The highest BCUT2D eigenvalue weighted by molar-refractivity contribution is 6.30. The molecular weight excluding hydrogens is 320 g/mol. The number of nitrogens with one attached hydrogen (secondary N) is 2. The first-order valence-corrected chi connectivity index (χ1v) is 7.21. The van der Waals surface area contributed by atoms with Crippen molar-refractivity contribution in [3.8, 4) is 0 Å². The van der Waals surface area contributed by atoms with Gasteiger partial charge in [0.2, 0.25) is 5.91 Å². The number of halogens is 1. The molecule has 0 bridgehead atoms. The van der Waals surface area contributed by atoms with Crippen molar-refractivity contribution in [2.75, 3.05) is 19.4 Å². The maximum atomic E-state index is 11.9. The highest BCUT2D eigenvalue weighted by atomic mass is 35.5. The van der Waals surface area contributed by atoms with Crippen molar-refractivity contribution in [2.24, 2.45) is 0 Å². The zero-order chi connectivity index (χ0) is 16.8. The van der Waals surface area contributed by atoms with Crippen LogP contribution in [0.2, 0.25) is 5.02 Å². The molecule has 0 aliphatic heterocycles. The van der Waals surface area contributed by atoms with E-state index in [1.165, 1.54) is 15.9 Å². The molecule has 2 aromatic rings. The van der Waals surface area contributed by atoms with Gasteiger partial charge in [0.25, 0.3) is 0 Å². The lowest BCUT2D eigenvalue weighted by atomic mass is 10.2. The lowest BCUT2D eigenvalue weighted by molar-refractivity contribution is -0.122. The monoisotopic (exact) mass is 336 g/mol. The molecule has 122 valence electrons. The normalized spacial score (nSPS) is 10.2. The number of rotatable bonds is 5. The Hall–Kier alpha value is -2.61. The largest absolute Gasteiger partial charge is 0.350 e. The lowest BCUT2D eigenvalue weighted by Crippen LogP contribution is -2.29. The highest BCUT2D eigenvalue weighted by Crippen LogP contribution is 2.10. The maximum Gasteiger partial charge on any atom is 0.322 e. The summed E-state index contributed by atoms with van der Waals surface area (Å²) in [6.45, 7) is 0.323. The fraction of sp³-hybridized carbons (Fsp3) is 0.286. The Labute approximate surface area is 138 Å². The summed E-state index contributed by atoms with van der Waals surface area (Å²) in [4.78, 5) is 25.9. The lowest BCUT2D eigenvalue weighted by Gasteiger charge is -2.09. The number of hydrogen-bond acceptors (Lipinski definition) is 4. The predicted molar refractivity (Wildman–Crippen MR) is 86.0 cm³/mol. The van der Waals surface area contributed by atoms with Gasteiger partial charge in [-0.25, -0.2) is 4.79 Å². The van der Waals surface area contributed by atoms with Gasteiger partial charge < -0.3 is 10.2 Å². The Kier molecular flexibility index (Phi) is 5.53. The van der Waals surface area contributed by atoms with E-state index in [4.69, 9.17) is 11.6 Å². The number of aromatic nitrogens is 3. The van der Waals surface area contributed by atoms with E-state index in [0.717, 1.165) is 5.56 Å². The van der Waals surface area contributed by atoms with E-state index >= 15 is 0 Å². The van der Waals surface area contributed by atoms with Crippen LogP contribution < -0.4 is 10.6 Å². The zero-order valence-corrected chi connectivity index (χ0v) is 13.5. The second-order valence-corrected chi connectivity index (χ2v) is 5.43. The SMILES string of the molecule is CN(C)C(=O)Nc1cnn(CC(=O)NCc2cccc(Cl)c2)n1. The van der Waals surface area contributed by atoms with Crippen LogP contribution in [0.4, 0.5) is 10.6 Å². The van der Waals surface area contributed by atoms with Gasteiger partial charge >= 0.3 is 6.03 Å². The molecule has 0 aliphatic rings. The van der Waals surface area contributed by atoms with Gasteiger partial charge in [0.05, 0.1) is 6.20 Å². The first-order chi connectivity index (χ1) is 10.9. The van der Waals surface area contributed by atoms with E-state index in [-0.39, 0.29) is 24.3 Å². The summed E-state index contributed by atoms with van der Waals surface area (Å²) in [5, 5.41) is 13.8. The standard InChI is InChI=1S/C14H17ClN6O2/c1-20(2)14(23)18-12-8-17-21(19-12)9-13(22)16-7-10-4-3-5-11(15)6-10/h3-6,8H,7,9H2,1-2H3,(H,16,22)(H,18,19,23). The third-order valence-electron chi connectivity index (χ3n) is 2.84. The van der Waals surface area contributed by atoms with Crippen LogP contribution in [-0.4, -0.2) is 45.9 Å². The molecule has 9 heteroatoms. The molecule has 3 amide bonds. The van der Waals surface area contributed by atoms with Crippen molar-refractivity contribution in [1.29, 1.82) is 0 Å². The number of carbonyl (C=O) groups excluding carboxylic acids is 2. The summed E-state index contributed by atoms with van der Waals surface area (Å²) in [5.74, 6) is 0.0393. The Morgan fingerprint density at radius 3 is 2.83 bits per heavy atom. The molecule has 0 saturated carbocycles. The van der Waals surface area contributed by atoms with Crippen LogP contribution in [0.1, 0.15) is 5.56 Å². The molecule has 0 atom stereocenters. The van der Waals surface area contributed by atoms with Gasteiger partial charge in [0.1, 0.15) is 6.54 Å². The molecule has 1 aromatic heterocycles. The summed E-state index contributed by atoms with van der Waals surface area (Å²) in [6, 6.07) is 6.92. The smallest absolute Gasteiger partial charge is 0.322 e. The summed E-state index contributed by atoms with van der Waals surface area (Å²) < 4.78 is 0. The van der Waals surface area contributed by atoms with Crippen LogP contribution in [-0.2, 0) is 17.9 Å². The number of hydrogen-bond donors (Lipinski definition) is 2. The van der Waals surface area contributed by atoms with E-state index in [1.807, 2.05) is 12.1 Å². The second-order valence-electron chi connectivity index (χ2n) is 4.99. The maximum absolute atomic E-state index is 11.9. The first-order valence-electron chi connectivity index (χ1n) is 6.83. The van der Waals surface area contributed by atoms with Crippen molar-refractivity contribution in [3.05, 3.63) is 41.0 Å². The number of benzene rings is 1. The Morgan fingerprint density at radius 2 is 2.13 bits per heavy atom. The molecule has 1 heterocycles. The molecule has 0 radical (unpaired) electrons. The molecule has 0 fully saturated rings. The molecule has 0 aliphatic carbocycles. The Morgan fingerprint density at radius 1 is 1.35 bits per heavy atom. The minimum absolute atomic E-state index is 0.0433. The van der Waals surface area contributed by atoms with E-state index in [2.05, 4.69) is 20.8 Å². The van der Waals surface area contributed by atoms with Crippen LogP contribution in [0.5, 0.6) is 0 Å². The summed E-state index contributed by atoms with van der Waals surface area (Å²) in [7, 11) is 3.23. The molecule has 1 aromatic carbocycles. The quantitative estimate of drug-likeness (QED) is 0.861. The zero-order valence-electron chi connectivity index (χ0n) is 12.8. The first kappa shape index (κ1) is 16.8. The van der Waals surface area contributed by atoms with Gasteiger partial charge in [0, 0.05) is 25.7 Å². The summed E-state index contributed by atoms with van der Waals surface area (Å²) in [5.41, 5.74) is 0.901. The minimum Gasteiger partial charge on any atom is -0.350 e. The van der Waals surface area contributed by atoms with Crippen LogP contribution in [0.25, 0.3) is 0 Å². The van der Waals surface area contributed by atoms with Gasteiger partial charge in [-0.15, -0.1) is 5.10 Å². The number of amides is 3. The average molecular weight is 337 g/mol. The fourth-order valence-electron chi connectivity index (χ4n) is 1.68. The van der Waals surface area contributed by atoms with Gasteiger partial charge in [-0.2, -0.15) is 9.90 Å². The van der Waals surface area contributed by atoms with E-state index in [1.54, 1.807) is 26.2 Å². The minimum atomic E-state index is -0.317. The average Bonchev–Trinajstić information content (AvgIpc) is 2.92. The molecule has 23 heavy (non-hydrogen) atoms. The predicted octanol–water partition coefficient (Wildman–Crippen LogP) is 1.34. The van der Waals surface area contributed by atoms with Gasteiger partial charge in [-0.3, -0.25) is 10.1 Å². The van der Waals surface area contributed by atoms with Crippen LogP contribution in [0.3, 0.4) is 0 Å². The molecule has 2 rings (SSSR count). The third kappa shape index (κ3) is 5.26. The number of anilines is 1. The Balaban J connectivity index is 1.83. The fourth-order valence-corrected chi connectivity index (χ4v) is 1.90.